The molecule has 5 rings (SSSR count). The van der Waals surface area contributed by atoms with Gasteiger partial charge in [0.15, 0.2) is 0 Å². The van der Waals surface area contributed by atoms with Crippen molar-refractivity contribution in [2.24, 2.45) is 0 Å². The number of nitrogens with zero attached hydrogens (tertiary/aromatic N) is 3. The Morgan fingerprint density at radius 2 is 1.74 bits per heavy atom. The summed E-state index contributed by atoms with van der Waals surface area (Å²) in [5, 5.41) is 4.81. The van der Waals surface area contributed by atoms with Crippen LogP contribution in [0.2, 0.25) is 0 Å². The first-order valence-electron chi connectivity index (χ1n) is 9.79. The van der Waals surface area contributed by atoms with Crippen LogP contribution in [0.15, 0.2) is 60.7 Å². The molecule has 1 aromatic heterocycles. The third-order valence-electron chi connectivity index (χ3n) is 5.69. The molecule has 4 heteroatoms. The van der Waals surface area contributed by atoms with Gasteiger partial charge in [-0.3, -0.25) is 4.79 Å². The van der Waals surface area contributed by atoms with E-state index in [1.807, 2.05) is 52.0 Å². The van der Waals surface area contributed by atoms with Gasteiger partial charge in [-0.1, -0.05) is 36.4 Å². The molecule has 0 radical (unpaired) electrons. The monoisotopic (exact) mass is 357 g/mol. The maximum atomic E-state index is 13.7. The summed E-state index contributed by atoms with van der Waals surface area (Å²) in [5.41, 5.74) is 4.92. The van der Waals surface area contributed by atoms with Crippen LogP contribution in [-0.4, -0.2) is 21.7 Å². The van der Waals surface area contributed by atoms with Crippen LogP contribution in [0.4, 0.5) is 5.69 Å². The Morgan fingerprint density at radius 3 is 2.52 bits per heavy atom. The van der Waals surface area contributed by atoms with Crippen LogP contribution >= 0.6 is 0 Å². The van der Waals surface area contributed by atoms with Crippen molar-refractivity contribution in [2.45, 2.75) is 44.6 Å². The minimum atomic E-state index is 0.0397. The normalized spacial score (nSPS) is 19.0. The molecular formula is C23H23N3O. The fourth-order valence-electron chi connectivity index (χ4n) is 4.02. The lowest BCUT2D eigenvalue weighted by molar-refractivity contribution is 0.0967. The van der Waals surface area contributed by atoms with Crippen LogP contribution in [0.1, 0.15) is 53.8 Å². The first-order valence-corrected chi connectivity index (χ1v) is 9.79. The summed E-state index contributed by atoms with van der Waals surface area (Å²) >= 11 is 0. The van der Waals surface area contributed by atoms with Gasteiger partial charge in [0.1, 0.15) is 5.69 Å². The number of amides is 1. The third kappa shape index (κ3) is 2.85. The zero-order valence-electron chi connectivity index (χ0n) is 15.5. The number of aromatic nitrogens is 2. The molecule has 1 atom stereocenters. The lowest BCUT2D eigenvalue weighted by atomic mass is 9.96. The molecule has 3 aromatic rings. The molecule has 1 aliphatic carbocycles. The van der Waals surface area contributed by atoms with Gasteiger partial charge in [-0.25, -0.2) is 4.68 Å². The summed E-state index contributed by atoms with van der Waals surface area (Å²) in [6, 6.07) is 20.4. The summed E-state index contributed by atoms with van der Waals surface area (Å²) in [4.78, 5) is 15.7. The first kappa shape index (κ1) is 16.3. The predicted octanol–water partition coefficient (Wildman–Crippen LogP) is 4.73. The van der Waals surface area contributed by atoms with Gasteiger partial charge in [0, 0.05) is 17.6 Å². The molecule has 0 unspecified atom stereocenters. The molecule has 27 heavy (non-hydrogen) atoms. The quantitative estimate of drug-likeness (QED) is 0.679. The van der Waals surface area contributed by atoms with Crippen molar-refractivity contribution in [2.75, 3.05) is 4.90 Å². The van der Waals surface area contributed by atoms with E-state index in [9.17, 15) is 4.79 Å². The van der Waals surface area contributed by atoms with E-state index < -0.39 is 0 Å². The number of anilines is 1. The molecule has 2 heterocycles. The second kappa shape index (κ2) is 6.38. The van der Waals surface area contributed by atoms with E-state index in [0.717, 1.165) is 29.9 Å². The van der Waals surface area contributed by atoms with Crippen LogP contribution in [-0.2, 0) is 6.42 Å². The van der Waals surface area contributed by atoms with Gasteiger partial charge in [-0.05, 0) is 62.4 Å². The Bertz CT molecular complexity index is 988. The average molecular weight is 357 g/mol. The van der Waals surface area contributed by atoms with E-state index in [0.29, 0.717) is 11.6 Å². The Balaban J connectivity index is 1.61. The highest BCUT2D eigenvalue weighted by atomic mass is 16.2. The maximum absolute atomic E-state index is 13.7. The molecule has 0 spiro atoms. The Hall–Kier alpha value is -2.88. The molecule has 0 N–H and O–H groups in total. The lowest BCUT2D eigenvalue weighted by Gasteiger charge is -2.35. The van der Waals surface area contributed by atoms with E-state index >= 15 is 0 Å². The molecular weight excluding hydrogens is 334 g/mol. The molecule has 0 saturated heterocycles. The average Bonchev–Trinajstić information content (AvgIpc) is 3.46. The Morgan fingerprint density at radius 1 is 1.00 bits per heavy atom. The van der Waals surface area contributed by atoms with Gasteiger partial charge in [0.2, 0.25) is 0 Å². The maximum Gasteiger partial charge on any atom is 0.277 e. The number of rotatable bonds is 3. The number of benzene rings is 2. The van der Waals surface area contributed by atoms with E-state index in [-0.39, 0.29) is 11.9 Å². The van der Waals surface area contributed by atoms with Gasteiger partial charge < -0.3 is 4.90 Å². The molecule has 0 bridgehead atoms. The van der Waals surface area contributed by atoms with Crippen LogP contribution in [0.3, 0.4) is 0 Å². The van der Waals surface area contributed by atoms with Crippen molar-refractivity contribution < 1.29 is 4.79 Å². The SMILES string of the molecule is C[C@@H]1CCc2ccccc2N1C(=O)c1cc(C2CC2)nn1-c1ccccc1. The summed E-state index contributed by atoms with van der Waals surface area (Å²) < 4.78 is 1.83. The molecule has 4 nitrogen and oxygen atoms in total. The second-order valence-corrected chi connectivity index (χ2v) is 7.67. The van der Waals surface area contributed by atoms with Crippen molar-refractivity contribution in [3.8, 4) is 5.69 Å². The highest BCUT2D eigenvalue weighted by Crippen LogP contribution is 2.40. The van der Waals surface area contributed by atoms with Crippen molar-refractivity contribution >= 4 is 11.6 Å². The highest BCUT2D eigenvalue weighted by molar-refractivity contribution is 6.06. The number of hydrogen-bond acceptors (Lipinski definition) is 2. The van der Waals surface area contributed by atoms with E-state index in [1.165, 1.54) is 18.4 Å². The molecule has 2 aliphatic rings. The highest BCUT2D eigenvalue weighted by Gasteiger charge is 2.33. The van der Waals surface area contributed by atoms with Crippen molar-refractivity contribution in [3.63, 3.8) is 0 Å². The predicted molar refractivity (Wildman–Crippen MR) is 107 cm³/mol. The number of carbonyl (C=O) groups is 1. The van der Waals surface area contributed by atoms with Crippen LogP contribution in [0.5, 0.6) is 0 Å². The number of fused-ring (bicyclic) bond motifs is 1. The molecule has 1 amide bonds. The second-order valence-electron chi connectivity index (χ2n) is 7.67. The summed E-state index contributed by atoms with van der Waals surface area (Å²) in [6.07, 6.45) is 4.34. The van der Waals surface area contributed by atoms with Gasteiger partial charge >= 0.3 is 0 Å². The number of aryl methyl sites for hydroxylation is 1. The third-order valence-corrected chi connectivity index (χ3v) is 5.69. The van der Waals surface area contributed by atoms with Crippen LogP contribution < -0.4 is 4.90 Å². The van der Waals surface area contributed by atoms with E-state index in [1.54, 1.807) is 0 Å². The van der Waals surface area contributed by atoms with Crippen LogP contribution in [0.25, 0.3) is 5.69 Å². The van der Waals surface area contributed by atoms with Gasteiger partial charge in [-0.2, -0.15) is 5.10 Å². The van der Waals surface area contributed by atoms with E-state index in [2.05, 4.69) is 25.1 Å². The minimum absolute atomic E-state index is 0.0397. The number of carbonyl (C=O) groups excluding carboxylic acids is 1. The van der Waals surface area contributed by atoms with Crippen molar-refractivity contribution in [1.29, 1.82) is 0 Å². The Kier molecular flexibility index (Phi) is 3.85. The molecule has 1 fully saturated rings. The smallest absolute Gasteiger partial charge is 0.277 e. The fraction of sp³-hybridized carbons (Fsp3) is 0.304. The molecule has 136 valence electrons. The summed E-state index contributed by atoms with van der Waals surface area (Å²) in [7, 11) is 0. The van der Waals surface area contributed by atoms with Gasteiger partial charge in [0.25, 0.3) is 5.91 Å². The fourth-order valence-corrected chi connectivity index (χ4v) is 4.02. The molecule has 1 aliphatic heterocycles. The number of hydrogen-bond donors (Lipinski definition) is 0. The van der Waals surface area contributed by atoms with Gasteiger partial charge in [-0.15, -0.1) is 0 Å². The largest absolute Gasteiger partial charge is 0.304 e. The standard InChI is InChI=1S/C23H23N3O/c1-16-11-12-18-7-5-6-10-21(18)25(16)23(27)22-15-20(17-13-14-17)24-26(22)19-8-3-2-4-9-19/h2-10,15-17H,11-14H2,1H3/t16-/m1/s1. The Labute approximate surface area is 159 Å². The lowest BCUT2D eigenvalue weighted by Crippen LogP contribution is -2.42. The van der Waals surface area contributed by atoms with Crippen LogP contribution in [0, 0.1) is 0 Å². The summed E-state index contributed by atoms with van der Waals surface area (Å²) in [6.45, 7) is 2.14. The summed E-state index contributed by atoms with van der Waals surface area (Å²) in [5.74, 6) is 0.547. The van der Waals surface area contributed by atoms with Gasteiger partial charge in [0.05, 0.1) is 11.4 Å². The van der Waals surface area contributed by atoms with E-state index in [4.69, 9.17) is 5.10 Å². The van der Waals surface area contributed by atoms with Crippen molar-refractivity contribution in [3.05, 3.63) is 77.6 Å². The topological polar surface area (TPSA) is 38.1 Å². The minimum Gasteiger partial charge on any atom is -0.304 e. The number of para-hydroxylation sites is 2. The molecule has 1 saturated carbocycles. The zero-order valence-corrected chi connectivity index (χ0v) is 15.5. The molecule has 2 aromatic carbocycles. The first-order chi connectivity index (χ1) is 13.2. The zero-order chi connectivity index (χ0) is 18.4. The van der Waals surface area contributed by atoms with Crippen molar-refractivity contribution in [1.82, 2.24) is 9.78 Å².